The van der Waals surface area contributed by atoms with Gasteiger partial charge in [0.1, 0.15) is 5.82 Å². The van der Waals surface area contributed by atoms with E-state index in [0.717, 1.165) is 18.9 Å². The molecule has 3 aromatic rings. The highest BCUT2D eigenvalue weighted by Crippen LogP contribution is 2.19. The molecule has 0 radical (unpaired) electrons. The van der Waals surface area contributed by atoms with Crippen molar-refractivity contribution in [3.63, 3.8) is 0 Å². The zero-order valence-electron chi connectivity index (χ0n) is 13.1. The Balaban J connectivity index is 1.64. The Bertz CT molecular complexity index is 873. The molecule has 0 amide bonds. The van der Waals surface area contributed by atoms with Crippen molar-refractivity contribution in [2.24, 2.45) is 5.92 Å². The molecule has 0 bridgehead atoms. The number of imidazole rings is 1. The largest absolute Gasteiger partial charge is 0.333 e. The van der Waals surface area contributed by atoms with Crippen molar-refractivity contribution in [2.45, 2.75) is 19.6 Å². The van der Waals surface area contributed by atoms with E-state index < -0.39 is 0 Å². The second kappa shape index (κ2) is 6.23. The molecule has 0 spiro atoms. The molecule has 1 unspecified atom stereocenters. The molecule has 1 aliphatic heterocycles. The Morgan fingerprint density at radius 2 is 1.92 bits per heavy atom. The fourth-order valence-electron chi connectivity index (χ4n) is 3.03. The van der Waals surface area contributed by atoms with Gasteiger partial charge in [-0.15, -0.1) is 0 Å². The Kier molecular flexibility index (Phi) is 3.78. The lowest BCUT2D eigenvalue weighted by Gasteiger charge is -2.23. The van der Waals surface area contributed by atoms with Crippen LogP contribution in [-0.2, 0) is 19.6 Å². The van der Waals surface area contributed by atoms with Gasteiger partial charge in [0, 0.05) is 56.1 Å². The predicted molar refractivity (Wildman–Crippen MR) is 87.3 cm³/mol. The normalized spacial score (nSPS) is 17.3. The maximum Gasteiger partial charge on any atom is 0.266 e. The highest BCUT2D eigenvalue weighted by atomic mass is 16.1. The average Bonchev–Trinajstić information content (AvgIpc) is 2.96. The van der Waals surface area contributed by atoms with Crippen LogP contribution in [0.3, 0.4) is 0 Å². The summed E-state index contributed by atoms with van der Waals surface area (Å²) in [5.74, 6) is 1.84. The fourth-order valence-corrected chi connectivity index (χ4v) is 3.03. The van der Waals surface area contributed by atoms with Crippen LogP contribution in [0.25, 0.3) is 0 Å². The molecule has 0 aromatic carbocycles. The lowest BCUT2D eigenvalue weighted by Crippen LogP contribution is -2.34. The van der Waals surface area contributed by atoms with Gasteiger partial charge in [-0.1, -0.05) is 0 Å². The molecule has 0 aliphatic carbocycles. The third kappa shape index (κ3) is 2.90. The van der Waals surface area contributed by atoms with Crippen LogP contribution in [0.5, 0.6) is 0 Å². The summed E-state index contributed by atoms with van der Waals surface area (Å²) in [7, 11) is 0. The molecule has 0 N–H and O–H groups in total. The van der Waals surface area contributed by atoms with Gasteiger partial charge in [0.05, 0.1) is 13.1 Å². The second-order valence-electron chi connectivity index (χ2n) is 5.84. The van der Waals surface area contributed by atoms with E-state index in [-0.39, 0.29) is 11.5 Å². The first-order chi connectivity index (χ1) is 11.8. The maximum atomic E-state index is 12.0. The molecule has 4 heterocycles. The van der Waals surface area contributed by atoms with E-state index in [1.165, 1.54) is 10.7 Å². The van der Waals surface area contributed by atoms with E-state index in [2.05, 4.69) is 29.5 Å². The minimum Gasteiger partial charge on any atom is -0.333 e. The Morgan fingerprint density at radius 3 is 2.75 bits per heavy atom. The summed E-state index contributed by atoms with van der Waals surface area (Å²) in [6.45, 7) is 2.70. The van der Waals surface area contributed by atoms with Gasteiger partial charge in [-0.2, -0.15) is 5.10 Å². The number of nitrogens with zero attached hydrogens (tertiary/aromatic N) is 7. The van der Waals surface area contributed by atoms with Gasteiger partial charge in [0.15, 0.2) is 0 Å². The molecule has 0 fully saturated rings. The van der Waals surface area contributed by atoms with Crippen LogP contribution in [0.2, 0.25) is 0 Å². The first-order valence-corrected chi connectivity index (χ1v) is 7.84. The monoisotopic (exact) mass is 323 g/mol. The lowest BCUT2D eigenvalue weighted by atomic mass is 10.1. The number of hydrogen-bond donors (Lipinski definition) is 0. The third-order valence-corrected chi connectivity index (χ3v) is 4.12. The number of fused-ring (bicyclic) bond motifs is 1. The van der Waals surface area contributed by atoms with Gasteiger partial charge in [-0.05, 0) is 12.1 Å². The summed E-state index contributed by atoms with van der Waals surface area (Å²) in [6.07, 6.45) is 8.88. The number of rotatable bonds is 3. The molecule has 4 rings (SSSR count). The maximum absolute atomic E-state index is 12.0. The van der Waals surface area contributed by atoms with Gasteiger partial charge in [0.25, 0.3) is 5.56 Å². The minimum absolute atomic E-state index is 0.0879. The molecule has 8 heteroatoms. The quantitative estimate of drug-likeness (QED) is 0.701. The fraction of sp³-hybridized carbons (Fsp3) is 0.312. The van der Waals surface area contributed by atoms with Crippen molar-refractivity contribution in [2.75, 3.05) is 11.4 Å². The lowest BCUT2D eigenvalue weighted by molar-refractivity contribution is 0.369. The highest BCUT2D eigenvalue weighted by molar-refractivity contribution is 5.29. The van der Waals surface area contributed by atoms with Crippen LogP contribution in [0.15, 0.2) is 54.0 Å². The molecule has 1 aliphatic rings. The van der Waals surface area contributed by atoms with Crippen molar-refractivity contribution in [3.05, 3.63) is 65.4 Å². The SMILES string of the molecule is O=c1cccnn1CC1CN(c2ncccn2)Cc2nccn2C1. The van der Waals surface area contributed by atoms with Gasteiger partial charge in [0.2, 0.25) is 5.95 Å². The summed E-state index contributed by atoms with van der Waals surface area (Å²) in [6, 6.07) is 4.99. The summed E-state index contributed by atoms with van der Waals surface area (Å²) in [4.78, 5) is 27.2. The van der Waals surface area contributed by atoms with Crippen molar-refractivity contribution in [1.82, 2.24) is 29.3 Å². The van der Waals surface area contributed by atoms with Crippen molar-refractivity contribution in [3.8, 4) is 0 Å². The van der Waals surface area contributed by atoms with Crippen molar-refractivity contribution >= 4 is 5.95 Å². The van der Waals surface area contributed by atoms with E-state index in [4.69, 9.17) is 0 Å². The molecular weight excluding hydrogens is 306 g/mol. The summed E-state index contributed by atoms with van der Waals surface area (Å²) in [5, 5.41) is 4.17. The average molecular weight is 323 g/mol. The predicted octanol–water partition coefficient (Wildman–Crippen LogP) is 0.566. The highest BCUT2D eigenvalue weighted by Gasteiger charge is 2.24. The first kappa shape index (κ1) is 14.6. The molecule has 3 aromatic heterocycles. The molecular formula is C16H17N7O. The zero-order chi connectivity index (χ0) is 16.4. The molecule has 1 atom stereocenters. The Morgan fingerprint density at radius 1 is 1.04 bits per heavy atom. The summed E-state index contributed by atoms with van der Waals surface area (Å²) < 4.78 is 3.64. The van der Waals surface area contributed by atoms with Gasteiger partial charge >= 0.3 is 0 Å². The van der Waals surface area contributed by atoms with E-state index in [1.54, 1.807) is 36.9 Å². The van der Waals surface area contributed by atoms with E-state index in [0.29, 0.717) is 19.0 Å². The smallest absolute Gasteiger partial charge is 0.266 e. The van der Waals surface area contributed by atoms with Crippen LogP contribution < -0.4 is 10.5 Å². The topological polar surface area (TPSA) is 81.7 Å². The van der Waals surface area contributed by atoms with Crippen LogP contribution in [0, 0.1) is 5.92 Å². The van der Waals surface area contributed by atoms with Crippen LogP contribution >= 0.6 is 0 Å². The van der Waals surface area contributed by atoms with Crippen LogP contribution in [-0.4, -0.2) is 35.8 Å². The molecule has 0 saturated heterocycles. The number of anilines is 1. The van der Waals surface area contributed by atoms with Crippen molar-refractivity contribution < 1.29 is 0 Å². The number of aromatic nitrogens is 6. The van der Waals surface area contributed by atoms with Gasteiger partial charge < -0.3 is 9.47 Å². The first-order valence-electron chi connectivity index (χ1n) is 7.84. The van der Waals surface area contributed by atoms with Gasteiger partial charge in [-0.25, -0.2) is 19.6 Å². The summed E-state index contributed by atoms with van der Waals surface area (Å²) in [5.41, 5.74) is -0.0879. The molecule has 24 heavy (non-hydrogen) atoms. The Labute approximate surface area is 138 Å². The second-order valence-corrected chi connectivity index (χ2v) is 5.84. The van der Waals surface area contributed by atoms with E-state index >= 15 is 0 Å². The van der Waals surface area contributed by atoms with Crippen LogP contribution in [0.1, 0.15) is 5.82 Å². The van der Waals surface area contributed by atoms with E-state index in [1.807, 2.05) is 6.20 Å². The zero-order valence-corrected chi connectivity index (χ0v) is 13.1. The minimum atomic E-state index is -0.0879. The summed E-state index contributed by atoms with van der Waals surface area (Å²) >= 11 is 0. The van der Waals surface area contributed by atoms with Gasteiger partial charge in [-0.3, -0.25) is 4.79 Å². The Hall–Kier alpha value is -3.03. The third-order valence-electron chi connectivity index (χ3n) is 4.12. The van der Waals surface area contributed by atoms with Crippen LogP contribution in [0.4, 0.5) is 5.95 Å². The molecule has 122 valence electrons. The van der Waals surface area contributed by atoms with Crippen molar-refractivity contribution in [1.29, 1.82) is 0 Å². The molecule has 0 saturated carbocycles. The molecule has 8 nitrogen and oxygen atoms in total. The number of hydrogen-bond acceptors (Lipinski definition) is 6. The standard InChI is InChI=1S/C16H17N7O/c24-15-3-1-6-20-23(15)11-13-9-21-8-7-17-14(21)12-22(10-13)16-18-4-2-5-19-16/h1-8,13H,9-12H2. The van der Waals surface area contributed by atoms with E-state index in [9.17, 15) is 4.79 Å².